The van der Waals surface area contributed by atoms with Crippen LogP contribution in [0.3, 0.4) is 0 Å². The van der Waals surface area contributed by atoms with Crippen molar-refractivity contribution < 1.29 is 14.3 Å². The fourth-order valence-corrected chi connectivity index (χ4v) is 4.06. The number of carbonyl (C=O) groups is 2. The van der Waals surface area contributed by atoms with Crippen LogP contribution in [0.5, 0.6) is 0 Å². The highest BCUT2D eigenvalue weighted by atomic mass is 16.5. The standard InChI is InChI=1S/C20H37N3O3/c1-13(2)26-18-11-17(12-18)22-19(25)8-9-20(4,5)23-16-7-6-15(10-16)21-14(3)24/h13,15-18,23H,6-12H2,1-5H3,(H,21,24)(H,22,25)/t15-,16-,17-,18+/m0/s1. The van der Waals surface area contributed by atoms with Gasteiger partial charge in [-0.15, -0.1) is 0 Å². The maximum Gasteiger partial charge on any atom is 0.220 e. The van der Waals surface area contributed by atoms with E-state index in [0.717, 1.165) is 38.5 Å². The number of hydrogen-bond donors (Lipinski definition) is 3. The lowest BCUT2D eigenvalue weighted by Crippen LogP contribution is -2.49. The Morgan fingerprint density at radius 2 is 1.69 bits per heavy atom. The van der Waals surface area contributed by atoms with Gasteiger partial charge in [-0.2, -0.15) is 0 Å². The average Bonchev–Trinajstić information content (AvgIpc) is 2.88. The van der Waals surface area contributed by atoms with E-state index in [1.54, 1.807) is 6.92 Å². The van der Waals surface area contributed by atoms with E-state index in [4.69, 9.17) is 4.74 Å². The van der Waals surface area contributed by atoms with Gasteiger partial charge in [-0.05, 0) is 66.2 Å². The van der Waals surface area contributed by atoms with Crippen molar-refractivity contribution in [1.29, 1.82) is 0 Å². The van der Waals surface area contributed by atoms with Crippen LogP contribution in [0, 0.1) is 0 Å². The van der Waals surface area contributed by atoms with Gasteiger partial charge in [0.2, 0.25) is 11.8 Å². The van der Waals surface area contributed by atoms with Gasteiger partial charge in [-0.1, -0.05) is 0 Å². The lowest BCUT2D eigenvalue weighted by molar-refractivity contribution is -0.125. The Bertz CT molecular complexity index is 487. The minimum Gasteiger partial charge on any atom is -0.375 e. The van der Waals surface area contributed by atoms with Crippen molar-refractivity contribution in [3.8, 4) is 0 Å². The highest BCUT2D eigenvalue weighted by Crippen LogP contribution is 2.26. The van der Waals surface area contributed by atoms with Gasteiger partial charge in [0.05, 0.1) is 12.2 Å². The quantitative estimate of drug-likeness (QED) is 0.584. The summed E-state index contributed by atoms with van der Waals surface area (Å²) in [5.74, 6) is 0.180. The van der Waals surface area contributed by atoms with E-state index in [1.807, 2.05) is 13.8 Å². The van der Waals surface area contributed by atoms with E-state index >= 15 is 0 Å². The first-order chi connectivity index (χ1) is 12.1. The summed E-state index contributed by atoms with van der Waals surface area (Å²) in [6, 6.07) is 0.963. The zero-order chi connectivity index (χ0) is 19.3. The summed E-state index contributed by atoms with van der Waals surface area (Å²) in [4.78, 5) is 23.4. The molecule has 2 amide bonds. The fourth-order valence-electron chi connectivity index (χ4n) is 4.06. The average molecular weight is 368 g/mol. The first-order valence-corrected chi connectivity index (χ1v) is 10.1. The van der Waals surface area contributed by atoms with Crippen LogP contribution in [0.4, 0.5) is 0 Å². The lowest BCUT2D eigenvalue weighted by Gasteiger charge is -2.37. The highest BCUT2D eigenvalue weighted by Gasteiger charge is 2.33. The van der Waals surface area contributed by atoms with Crippen LogP contribution in [0.1, 0.15) is 79.6 Å². The third-order valence-corrected chi connectivity index (χ3v) is 5.34. The smallest absolute Gasteiger partial charge is 0.220 e. The number of hydrogen-bond acceptors (Lipinski definition) is 4. The molecule has 0 aromatic rings. The van der Waals surface area contributed by atoms with E-state index in [0.29, 0.717) is 18.6 Å². The second kappa shape index (κ2) is 9.18. The number of ether oxygens (including phenoxy) is 1. The van der Waals surface area contributed by atoms with Crippen molar-refractivity contribution in [2.75, 3.05) is 0 Å². The van der Waals surface area contributed by atoms with Crippen LogP contribution in [0.2, 0.25) is 0 Å². The van der Waals surface area contributed by atoms with Gasteiger partial charge in [-0.25, -0.2) is 0 Å². The molecule has 2 rings (SSSR count). The second-order valence-corrected chi connectivity index (χ2v) is 8.98. The van der Waals surface area contributed by atoms with Gasteiger partial charge >= 0.3 is 0 Å². The van der Waals surface area contributed by atoms with Crippen molar-refractivity contribution in [1.82, 2.24) is 16.0 Å². The molecule has 0 bridgehead atoms. The van der Waals surface area contributed by atoms with Crippen LogP contribution in [-0.2, 0) is 14.3 Å². The first-order valence-electron chi connectivity index (χ1n) is 10.1. The van der Waals surface area contributed by atoms with Crippen molar-refractivity contribution in [3.63, 3.8) is 0 Å². The highest BCUT2D eigenvalue weighted by molar-refractivity contribution is 5.76. The summed E-state index contributed by atoms with van der Waals surface area (Å²) in [6.45, 7) is 9.97. The van der Waals surface area contributed by atoms with Crippen LogP contribution in [0.25, 0.3) is 0 Å². The molecule has 0 radical (unpaired) electrons. The number of nitrogens with one attached hydrogen (secondary N) is 3. The molecule has 2 aliphatic rings. The molecule has 0 unspecified atom stereocenters. The van der Waals surface area contributed by atoms with Crippen LogP contribution >= 0.6 is 0 Å². The minimum absolute atomic E-state index is 0.0450. The molecule has 2 atom stereocenters. The third-order valence-electron chi connectivity index (χ3n) is 5.34. The van der Waals surface area contributed by atoms with Crippen molar-refractivity contribution in [2.45, 2.75) is 115 Å². The lowest BCUT2D eigenvalue weighted by atomic mass is 9.88. The monoisotopic (exact) mass is 367 g/mol. The molecule has 0 heterocycles. The molecule has 3 N–H and O–H groups in total. The first kappa shape index (κ1) is 21.2. The molecule has 6 nitrogen and oxygen atoms in total. The number of carbonyl (C=O) groups excluding carboxylic acids is 2. The number of rotatable bonds is 9. The Morgan fingerprint density at radius 3 is 2.31 bits per heavy atom. The van der Waals surface area contributed by atoms with E-state index in [1.165, 1.54) is 0 Å². The Balaban J connectivity index is 1.62. The predicted molar refractivity (Wildman–Crippen MR) is 103 cm³/mol. The third kappa shape index (κ3) is 7.23. The van der Waals surface area contributed by atoms with Crippen molar-refractivity contribution in [2.24, 2.45) is 0 Å². The Hall–Kier alpha value is -1.14. The van der Waals surface area contributed by atoms with Gasteiger partial charge in [0, 0.05) is 37.0 Å². The van der Waals surface area contributed by atoms with Gasteiger partial charge in [-0.3, -0.25) is 9.59 Å². The molecule has 150 valence electrons. The SMILES string of the molecule is CC(=O)N[C@H]1CC[C@H](NC(C)(C)CCC(=O)N[C@H]2C[C@@H](OC(C)C)C2)C1. The minimum atomic E-state index is -0.0873. The van der Waals surface area contributed by atoms with Crippen molar-refractivity contribution in [3.05, 3.63) is 0 Å². The zero-order valence-electron chi connectivity index (χ0n) is 17.1. The van der Waals surface area contributed by atoms with Crippen LogP contribution in [-0.4, -0.2) is 47.7 Å². The molecule has 0 aliphatic heterocycles. The molecule has 0 spiro atoms. The van der Waals surface area contributed by atoms with Crippen molar-refractivity contribution >= 4 is 11.8 Å². The Labute approximate surface area is 158 Å². The van der Waals surface area contributed by atoms with Gasteiger partial charge < -0.3 is 20.7 Å². The largest absolute Gasteiger partial charge is 0.375 e. The predicted octanol–water partition coefficient (Wildman–Crippen LogP) is 2.26. The van der Waals surface area contributed by atoms with Gasteiger partial charge in [0.25, 0.3) is 0 Å². The molecule has 26 heavy (non-hydrogen) atoms. The molecule has 0 saturated heterocycles. The topological polar surface area (TPSA) is 79.5 Å². The van der Waals surface area contributed by atoms with Gasteiger partial charge in [0.1, 0.15) is 0 Å². The normalized spacial score (nSPS) is 28.7. The zero-order valence-corrected chi connectivity index (χ0v) is 17.1. The summed E-state index contributed by atoms with van der Waals surface area (Å²) in [6.07, 6.45) is 6.81. The van der Waals surface area contributed by atoms with Crippen LogP contribution in [0.15, 0.2) is 0 Å². The number of amides is 2. The second-order valence-electron chi connectivity index (χ2n) is 8.98. The molecule has 0 aromatic heterocycles. The molecule has 0 aromatic carbocycles. The van der Waals surface area contributed by atoms with E-state index in [9.17, 15) is 9.59 Å². The maximum absolute atomic E-state index is 12.2. The summed E-state index contributed by atoms with van der Waals surface area (Å²) < 4.78 is 5.73. The van der Waals surface area contributed by atoms with Gasteiger partial charge in [0.15, 0.2) is 0 Å². The molecule has 6 heteroatoms. The van der Waals surface area contributed by atoms with E-state index in [-0.39, 0.29) is 35.5 Å². The van der Waals surface area contributed by atoms with Crippen LogP contribution < -0.4 is 16.0 Å². The molecule has 2 saturated carbocycles. The summed E-state index contributed by atoms with van der Waals surface area (Å²) in [5.41, 5.74) is -0.0873. The molecular weight excluding hydrogens is 330 g/mol. The maximum atomic E-state index is 12.2. The summed E-state index contributed by atoms with van der Waals surface area (Å²) in [5, 5.41) is 9.80. The molecular formula is C20H37N3O3. The Kier molecular flexibility index (Phi) is 7.47. The fraction of sp³-hybridized carbons (Fsp3) is 0.900. The van der Waals surface area contributed by atoms with E-state index < -0.39 is 0 Å². The molecule has 2 aliphatic carbocycles. The summed E-state index contributed by atoms with van der Waals surface area (Å²) in [7, 11) is 0. The Morgan fingerprint density at radius 1 is 1.04 bits per heavy atom. The summed E-state index contributed by atoms with van der Waals surface area (Å²) >= 11 is 0. The van der Waals surface area contributed by atoms with E-state index in [2.05, 4.69) is 29.8 Å². The molecule has 2 fully saturated rings.